The average Bonchev–Trinajstić information content (AvgIpc) is 2.15. The van der Waals surface area contributed by atoms with E-state index in [1.165, 1.54) is 6.07 Å². The predicted molar refractivity (Wildman–Crippen MR) is 55.2 cm³/mol. The number of nitrogens with zero attached hydrogens (tertiary/aromatic N) is 1. The molecular formula is C10H13NO4. The van der Waals surface area contributed by atoms with E-state index >= 15 is 0 Å². The summed E-state index contributed by atoms with van der Waals surface area (Å²) in [5, 5.41) is 19.4. The third kappa shape index (κ3) is 2.66. The molecule has 0 unspecified atom stereocenters. The zero-order valence-electron chi connectivity index (χ0n) is 8.69. The van der Waals surface area contributed by atoms with Gasteiger partial charge in [0.25, 0.3) is 0 Å². The van der Waals surface area contributed by atoms with Crippen molar-refractivity contribution in [2.45, 2.75) is 13.8 Å². The van der Waals surface area contributed by atoms with Crippen molar-refractivity contribution in [2.24, 2.45) is 0 Å². The molecule has 1 aromatic carbocycles. The first-order chi connectivity index (χ1) is 7.06. The van der Waals surface area contributed by atoms with Crippen LogP contribution >= 0.6 is 0 Å². The number of aliphatic hydroxyl groups is 1. The van der Waals surface area contributed by atoms with Crippen molar-refractivity contribution in [3.8, 4) is 5.75 Å². The number of benzene rings is 1. The van der Waals surface area contributed by atoms with E-state index in [4.69, 9.17) is 9.84 Å². The van der Waals surface area contributed by atoms with Gasteiger partial charge in [-0.25, -0.2) is 0 Å². The summed E-state index contributed by atoms with van der Waals surface area (Å²) in [5.41, 5.74) is 1.46. The van der Waals surface area contributed by atoms with Crippen LogP contribution in [0, 0.1) is 24.0 Å². The molecule has 0 saturated carbocycles. The van der Waals surface area contributed by atoms with Crippen LogP contribution in [0.4, 0.5) is 5.69 Å². The molecule has 0 fully saturated rings. The molecule has 82 valence electrons. The van der Waals surface area contributed by atoms with Crippen molar-refractivity contribution in [3.63, 3.8) is 0 Å². The highest BCUT2D eigenvalue weighted by Crippen LogP contribution is 2.31. The van der Waals surface area contributed by atoms with Gasteiger partial charge >= 0.3 is 5.69 Å². The van der Waals surface area contributed by atoms with Crippen molar-refractivity contribution in [2.75, 3.05) is 13.2 Å². The maximum absolute atomic E-state index is 10.8. The molecule has 0 spiro atoms. The second-order valence-corrected chi connectivity index (χ2v) is 3.26. The lowest BCUT2D eigenvalue weighted by Crippen LogP contribution is -2.05. The summed E-state index contributed by atoms with van der Waals surface area (Å²) in [6.45, 7) is 3.43. The van der Waals surface area contributed by atoms with Gasteiger partial charge in [0.2, 0.25) is 0 Å². The van der Waals surface area contributed by atoms with Crippen LogP contribution in [-0.2, 0) is 0 Å². The second-order valence-electron chi connectivity index (χ2n) is 3.26. The van der Waals surface area contributed by atoms with Crippen LogP contribution in [0.3, 0.4) is 0 Å². The molecule has 0 bridgehead atoms. The Bertz CT molecular complexity index is 376. The van der Waals surface area contributed by atoms with E-state index in [0.29, 0.717) is 5.56 Å². The van der Waals surface area contributed by atoms with Crippen LogP contribution in [0.1, 0.15) is 11.1 Å². The number of aliphatic hydroxyl groups excluding tert-OH is 1. The van der Waals surface area contributed by atoms with Gasteiger partial charge in [-0.1, -0.05) is 6.07 Å². The minimum atomic E-state index is -0.479. The molecule has 0 heterocycles. The monoisotopic (exact) mass is 211 g/mol. The van der Waals surface area contributed by atoms with E-state index in [2.05, 4.69) is 0 Å². The molecule has 0 aliphatic heterocycles. The molecule has 0 atom stereocenters. The van der Waals surface area contributed by atoms with Gasteiger partial charge in [0.1, 0.15) is 6.61 Å². The van der Waals surface area contributed by atoms with Crippen molar-refractivity contribution < 1.29 is 14.8 Å². The minimum absolute atomic E-state index is 0.0547. The standard InChI is InChI=1S/C10H13NO4/c1-7-5-8(2)10(15-4-3-12)9(6-7)11(13)14/h5-6,12H,3-4H2,1-2H3. The molecule has 0 aliphatic carbocycles. The number of nitro groups is 1. The van der Waals surface area contributed by atoms with Crippen molar-refractivity contribution in [1.82, 2.24) is 0 Å². The number of hydrogen-bond donors (Lipinski definition) is 1. The molecule has 0 aromatic heterocycles. The van der Waals surface area contributed by atoms with Gasteiger partial charge < -0.3 is 9.84 Å². The first kappa shape index (κ1) is 11.5. The topological polar surface area (TPSA) is 72.6 Å². The summed E-state index contributed by atoms with van der Waals surface area (Å²) in [4.78, 5) is 10.3. The molecule has 0 amide bonds. The zero-order valence-corrected chi connectivity index (χ0v) is 8.69. The fraction of sp³-hybridized carbons (Fsp3) is 0.400. The fourth-order valence-corrected chi connectivity index (χ4v) is 1.40. The van der Waals surface area contributed by atoms with E-state index in [1.54, 1.807) is 19.9 Å². The first-order valence-electron chi connectivity index (χ1n) is 4.55. The SMILES string of the molecule is Cc1cc(C)c(OCCO)c([N+](=O)[O-])c1. The number of hydrogen-bond acceptors (Lipinski definition) is 4. The van der Waals surface area contributed by atoms with E-state index in [0.717, 1.165) is 5.56 Å². The Hall–Kier alpha value is -1.62. The van der Waals surface area contributed by atoms with Gasteiger partial charge in [-0.3, -0.25) is 10.1 Å². The summed E-state index contributed by atoms with van der Waals surface area (Å²) in [6.07, 6.45) is 0. The summed E-state index contributed by atoms with van der Waals surface area (Å²) < 4.78 is 5.14. The molecule has 1 rings (SSSR count). The summed E-state index contributed by atoms with van der Waals surface area (Å²) in [7, 11) is 0. The summed E-state index contributed by atoms with van der Waals surface area (Å²) in [6, 6.07) is 3.26. The minimum Gasteiger partial charge on any atom is -0.484 e. The molecule has 0 saturated heterocycles. The Kier molecular flexibility index (Phi) is 3.62. The fourth-order valence-electron chi connectivity index (χ4n) is 1.40. The van der Waals surface area contributed by atoms with Crippen LogP contribution in [0.15, 0.2) is 12.1 Å². The number of rotatable bonds is 4. The number of nitro benzene ring substituents is 1. The molecule has 0 radical (unpaired) electrons. The Morgan fingerprint density at radius 1 is 1.47 bits per heavy atom. The quantitative estimate of drug-likeness (QED) is 0.606. The van der Waals surface area contributed by atoms with Crippen LogP contribution in [0.25, 0.3) is 0 Å². The number of ether oxygens (including phenoxy) is 1. The predicted octanol–water partition coefficient (Wildman–Crippen LogP) is 1.58. The Morgan fingerprint density at radius 3 is 2.67 bits per heavy atom. The molecule has 5 heteroatoms. The van der Waals surface area contributed by atoms with Gasteiger partial charge in [-0.15, -0.1) is 0 Å². The largest absolute Gasteiger partial charge is 0.484 e. The highest BCUT2D eigenvalue weighted by molar-refractivity contribution is 5.53. The van der Waals surface area contributed by atoms with Crippen molar-refractivity contribution in [1.29, 1.82) is 0 Å². The molecule has 15 heavy (non-hydrogen) atoms. The van der Waals surface area contributed by atoms with Crippen LogP contribution in [0.2, 0.25) is 0 Å². The van der Waals surface area contributed by atoms with Crippen LogP contribution < -0.4 is 4.74 Å². The van der Waals surface area contributed by atoms with Gasteiger partial charge in [-0.05, 0) is 25.0 Å². The highest BCUT2D eigenvalue weighted by Gasteiger charge is 2.17. The molecule has 5 nitrogen and oxygen atoms in total. The third-order valence-electron chi connectivity index (χ3n) is 1.93. The zero-order chi connectivity index (χ0) is 11.4. The summed E-state index contributed by atoms with van der Waals surface area (Å²) in [5.74, 6) is 0.236. The molecule has 1 N–H and O–H groups in total. The molecule has 1 aromatic rings. The maximum Gasteiger partial charge on any atom is 0.311 e. The average molecular weight is 211 g/mol. The van der Waals surface area contributed by atoms with E-state index in [9.17, 15) is 10.1 Å². The van der Waals surface area contributed by atoms with E-state index in [-0.39, 0.29) is 24.7 Å². The first-order valence-corrected chi connectivity index (χ1v) is 4.55. The Balaban J connectivity index is 3.15. The van der Waals surface area contributed by atoms with Crippen LogP contribution in [0.5, 0.6) is 5.75 Å². The van der Waals surface area contributed by atoms with Gasteiger partial charge in [0.05, 0.1) is 11.5 Å². The lowest BCUT2D eigenvalue weighted by atomic mass is 10.1. The maximum atomic E-state index is 10.8. The molecule has 0 aliphatic rings. The Morgan fingerprint density at radius 2 is 2.13 bits per heavy atom. The summed E-state index contributed by atoms with van der Waals surface area (Å²) >= 11 is 0. The van der Waals surface area contributed by atoms with Crippen LogP contribution in [-0.4, -0.2) is 23.2 Å². The van der Waals surface area contributed by atoms with E-state index < -0.39 is 4.92 Å². The lowest BCUT2D eigenvalue weighted by Gasteiger charge is -2.08. The van der Waals surface area contributed by atoms with Gasteiger partial charge in [0, 0.05) is 6.07 Å². The van der Waals surface area contributed by atoms with Crippen molar-refractivity contribution in [3.05, 3.63) is 33.4 Å². The van der Waals surface area contributed by atoms with E-state index in [1.807, 2.05) is 0 Å². The Labute approximate surface area is 87.5 Å². The lowest BCUT2D eigenvalue weighted by molar-refractivity contribution is -0.386. The third-order valence-corrected chi connectivity index (χ3v) is 1.93. The van der Waals surface area contributed by atoms with Gasteiger partial charge in [-0.2, -0.15) is 0 Å². The normalized spacial score (nSPS) is 10.1. The second kappa shape index (κ2) is 4.75. The number of aryl methyl sites for hydroxylation is 2. The van der Waals surface area contributed by atoms with Gasteiger partial charge in [0.15, 0.2) is 5.75 Å². The molecular weight excluding hydrogens is 198 g/mol. The highest BCUT2D eigenvalue weighted by atomic mass is 16.6. The smallest absolute Gasteiger partial charge is 0.311 e. The van der Waals surface area contributed by atoms with Crippen molar-refractivity contribution >= 4 is 5.69 Å².